The largest absolute Gasteiger partial charge is 0.456 e. The highest BCUT2D eigenvalue weighted by atomic mass is 35.5. The van der Waals surface area contributed by atoms with Crippen LogP contribution in [0.5, 0.6) is 0 Å². The second kappa shape index (κ2) is 7.07. The van der Waals surface area contributed by atoms with Gasteiger partial charge in [0.1, 0.15) is 11.2 Å². The number of hydrogen-bond acceptors (Lipinski definition) is 3. The van der Waals surface area contributed by atoms with Crippen molar-refractivity contribution in [1.29, 1.82) is 0 Å². The molecule has 0 aromatic carbocycles. The summed E-state index contributed by atoms with van der Waals surface area (Å²) in [6.07, 6.45) is 3.45. The van der Waals surface area contributed by atoms with Crippen LogP contribution >= 0.6 is 23.8 Å². The molecule has 0 fully saturated rings. The maximum absolute atomic E-state index is 5.64. The molecular weight excluding hydrogens is 294 g/mol. The molecule has 0 unspecified atom stereocenters. The molecule has 0 amide bonds. The number of furan rings is 2. The van der Waals surface area contributed by atoms with E-state index in [2.05, 4.69) is 15.6 Å². The number of nitrogens with one attached hydrogen (secondary N) is 2. The Morgan fingerprint density at radius 1 is 1.40 bits per heavy atom. The second-order valence-corrected chi connectivity index (χ2v) is 4.74. The molecule has 0 aliphatic carbocycles. The van der Waals surface area contributed by atoms with Crippen LogP contribution < -0.4 is 10.6 Å². The fourth-order valence-electron chi connectivity index (χ4n) is 1.53. The van der Waals surface area contributed by atoms with E-state index in [0.717, 1.165) is 23.4 Å². The van der Waals surface area contributed by atoms with Gasteiger partial charge in [0.15, 0.2) is 5.11 Å². The Hall–Kier alpha value is -1.85. The first kappa shape index (κ1) is 14.6. The van der Waals surface area contributed by atoms with Crippen molar-refractivity contribution >= 4 is 45.8 Å². The van der Waals surface area contributed by atoms with Gasteiger partial charge in [0, 0.05) is 18.8 Å². The van der Waals surface area contributed by atoms with E-state index in [4.69, 9.17) is 28.2 Å². The van der Waals surface area contributed by atoms with E-state index in [1.807, 2.05) is 31.2 Å². The molecule has 2 N–H and O–H groups in total. The number of nitrogens with zero attached hydrogens (tertiary/aromatic N) is 1. The zero-order valence-electron chi connectivity index (χ0n) is 10.9. The van der Waals surface area contributed by atoms with Gasteiger partial charge in [-0.3, -0.25) is 4.98 Å². The number of pyridine rings is 1. The fraction of sp³-hybridized carbons (Fsp3) is 0.143. The van der Waals surface area contributed by atoms with Crippen molar-refractivity contribution in [2.45, 2.75) is 6.92 Å². The van der Waals surface area contributed by atoms with Crippen molar-refractivity contribution in [2.24, 2.45) is 0 Å². The molecule has 0 spiro atoms. The van der Waals surface area contributed by atoms with Crippen LogP contribution in [0.25, 0.3) is 11.2 Å². The summed E-state index contributed by atoms with van der Waals surface area (Å²) in [5, 5.41) is 7.33. The van der Waals surface area contributed by atoms with E-state index in [0.29, 0.717) is 10.1 Å². The molecule has 3 aromatic heterocycles. The Kier molecular flexibility index (Phi) is 5.15. The van der Waals surface area contributed by atoms with Gasteiger partial charge in [-0.2, -0.15) is 0 Å². The zero-order chi connectivity index (χ0) is 14.4. The number of benzene rings is 1. The zero-order valence-corrected chi connectivity index (χ0v) is 12.5. The topological polar surface area (TPSA) is 50.1 Å². The van der Waals surface area contributed by atoms with E-state index in [1.165, 1.54) is 0 Å². The lowest BCUT2D eigenvalue weighted by atomic mass is 10.4. The smallest absolute Gasteiger partial charge is 0.170 e. The van der Waals surface area contributed by atoms with E-state index in [-0.39, 0.29) is 0 Å². The molecule has 0 radical (unpaired) electrons. The molecule has 6 heteroatoms. The molecular formula is C14H14ClN3OS. The number of rotatable bonds is 2. The van der Waals surface area contributed by atoms with E-state index < -0.39 is 0 Å². The molecule has 3 heterocycles. The first-order chi connectivity index (χ1) is 9.69. The monoisotopic (exact) mass is 307 g/mol. The first-order valence-electron chi connectivity index (χ1n) is 6.11. The molecule has 3 aromatic rings. The van der Waals surface area contributed by atoms with Gasteiger partial charge in [-0.1, -0.05) is 11.6 Å². The minimum absolute atomic E-state index is 0.630. The van der Waals surface area contributed by atoms with Gasteiger partial charge in [-0.15, -0.1) is 0 Å². The molecule has 0 aliphatic heterocycles. The van der Waals surface area contributed by atoms with Gasteiger partial charge in [0.25, 0.3) is 0 Å². The predicted molar refractivity (Wildman–Crippen MR) is 86.5 cm³/mol. The van der Waals surface area contributed by atoms with Gasteiger partial charge in [0.05, 0.1) is 16.9 Å². The molecule has 0 saturated heterocycles. The van der Waals surface area contributed by atoms with Crippen molar-refractivity contribution in [3.05, 3.63) is 47.7 Å². The summed E-state index contributed by atoms with van der Waals surface area (Å²) in [6, 6.07) is 9.32. The summed E-state index contributed by atoms with van der Waals surface area (Å²) in [5.74, 6) is 0. The van der Waals surface area contributed by atoms with Crippen LogP contribution in [0.4, 0.5) is 5.69 Å². The minimum Gasteiger partial charge on any atom is -0.456 e. The van der Waals surface area contributed by atoms with E-state index >= 15 is 0 Å². The third kappa shape index (κ3) is 4.08. The van der Waals surface area contributed by atoms with Crippen LogP contribution in [-0.4, -0.2) is 16.6 Å². The van der Waals surface area contributed by atoms with Gasteiger partial charge >= 0.3 is 0 Å². The lowest BCUT2D eigenvalue weighted by molar-refractivity contribution is 0.675. The average molecular weight is 308 g/mol. The molecule has 4 nitrogen and oxygen atoms in total. The number of fused-ring (bicyclic) bond motifs is 2. The van der Waals surface area contributed by atoms with Crippen LogP contribution in [0.1, 0.15) is 6.92 Å². The molecule has 2 bridgehead atoms. The number of hydrogen-bond donors (Lipinski definition) is 2. The van der Waals surface area contributed by atoms with Crippen molar-refractivity contribution in [3.63, 3.8) is 0 Å². The molecule has 3 rings (SSSR count). The Bertz CT molecular complexity index is 656. The Morgan fingerprint density at radius 2 is 2.25 bits per heavy atom. The maximum Gasteiger partial charge on any atom is 0.170 e. The molecule has 0 atom stereocenters. The predicted octanol–water partition coefficient (Wildman–Crippen LogP) is 3.91. The summed E-state index contributed by atoms with van der Waals surface area (Å²) in [4.78, 5) is 3.95. The summed E-state index contributed by atoms with van der Waals surface area (Å²) in [6.45, 7) is 2.82. The summed E-state index contributed by atoms with van der Waals surface area (Å²) < 4.78 is 5.08. The highest BCUT2D eigenvalue weighted by Crippen LogP contribution is 2.25. The summed E-state index contributed by atoms with van der Waals surface area (Å²) >= 11 is 10.6. The molecule has 20 heavy (non-hydrogen) atoms. The SMILES string of the molecule is CCNC(=S)Nc1cccnc1.Clc1cc2ccc1o2. The first-order valence-corrected chi connectivity index (χ1v) is 6.90. The standard InChI is InChI=1S/C8H11N3S.C6H3ClO/c1-2-10-8(12)11-7-4-3-5-9-6-7;7-5-3-4-1-2-6(5)8-4/h3-6H,2H2,1H3,(H2,10,11,12);1-3H. The van der Waals surface area contributed by atoms with Crippen molar-refractivity contribution in [1.82, 2.24) is 10.3 Å². The van der Waals surface area contributed by atoms with Crippen LogP contribution in [0.3, 0.4) is 0 Å². The van der Waals surface area contributed by atoms with Crippen molar-refractivity contribution < 1.29 is 4.42 Å². The van der Waals surface area contributed by atoms with Gasteiger partial charge in [0.2, 0.25) is 0 Å². The van der Waals surface area contributed by atoms with Crippen molar-refractivity contribution in [3.8, 4) is 0 Å². The Labute approximate surface area is 127 Å². The van der Waals surface area contributed by atoms with Gasteiger partial charge in [-0.05, 0) is 43.4 Å². The van der Waals surface area contributed by atoms with Crippen LogP contribution in [0, 0.1) is 0 Å². The third-order valence-corrected chi connectivity index (χ3v) is 2.93. The van der Waals surface area contributed by atoms with Crippen LogP contribution in [0.15, 0.2) is 47.1 Å². The third-order valence-electron chi connectivity index (χ3n) is 2.39. The van der Waals surface area contributed by atoms with Crippen molar-refractivity contribution in [2.75, 3.05) is 11.9 Å². The lowest BCUT2D eigenvalue weighted by Crippen LogP contribution is -2.27. The summed E-state index contributed by atoms with van der Waals surface area (Å²) in [5.41, 5.74) is 2.54. The van der Waals surface area contributed by atoms with E-state index in [9.17, 15) is 0 Å². The lowest BCUT2D eigenvalue weighted by Gasteiger charge is -2.07. The number of aromatic nitrogens is 1. The Morgan fingerprint density at radius 3 is 2.70 bits per heavy atom. The normalized spacial score (nSPS) is 9.90. The molecule has 0 saturated carbocycles. The fourth-order valence-corrected chi connectivity index (χ4v) is 2.00. The molecule has 0 aliphatic rings. The van der Waals surface area contributed by atoms with E-state index in [1.54, 1.807) is 18.5 Å². The van der Waals surface area contributed by atoms with Crippen LogP contribution in [0.2, 0.25) is 5.02 Å². The Balaban J connectivity index is 0.000000157. The quantitative estimate of drug-likeness (QED) is 0.703. The number of anilines is 1. The minimum atomic E-state index is 0.630. The van der Waals surface area contributed by atoms with Gasteiger partial charge in [-0.25, -0.2) is 0 Å². The maximum atomic E-state index is 5.64. The number of halogens is 1. The average Bonchev–Trinajstić information content (AvgIpc) is 3.02. The summed E-state index contributed by atoms with van der Waals surface area (Å²) in [7, 11) is 0. The highest BCUT2D eigenvalue weighted by molar-refractivity contribution is 7.80. The highest BCUT2D eigenvalue weighted by Gasteiger charge is 2.01. The molecule has 104 valence electrons. The second-order valence-electron chi connectivity index (χ2n) is 3.92. The van der Waals surface area contributed by atoms with Gasteiger partial charge < -0.3 is 15.1 Å². The van der Waals surface area contributed by atoms with Crippen LogP contribution in [-0.2, 0) is 0 Å². The number of thiocarbonyl (C=S) groups is 1.